The Balaban J connectivity index is 1.72. The highest BCUT2D eigenvalue weighted by Gasteiger charge is 2.08. The first-order valence-corrected chi connectivity index (χ1v) is 8.08. The van der Waals surface area contributed by atoms with E-state index in [9.17, 15) is 4.79 Å². The summed E-state index contributed by atoms with van der Waals surface area (Å²) in [4.78, 5) is 16.0. The summed E-state index contributed by atoms with van der Waals surface area (Å²) in [5.41, 5.74) is 3.89. The third-order valence-corrected chi connectivity index (χ3v) is 3.82. The highest BCUT2D eigenvalue weighted by atomic mass is 16.1. The maximum atomic E-state index is 12.1. The number of carbonyl (C=O) groups is 1. The molecule has 1 amide bonds. The second-order valence-corrected chi connectivity index (χ2v) is 5.59. The molecule has 0 aliphatic rings. The molecule has 0 unspecified atom stereocenters. The molecule has 1 aromatic carbocycles. The Hall–Kier alpha value is -3.28. The molecule has 6 nitrogen and oxygen atoms in total. The summed E-state index contributed by atoms with van der Waals surface area (Å²) in [6.45, 7) is 4.17. The molecule has 126 valence electrons. The fraction of sp³-hybridized carbons (Fsp3) is 0.158. The number of rotatable bonds is 5. The van der Waals surface area contributed by atoms with Crippen molar-refractivity contribution in [3.05, 3.63) is 71.5 Å². The molecule has 0 fully saturated rings. The largest absolute Gasteiger partial charge is 0.338 e. The molecule has 0 spiro atoms. The van der Waals surface area contributed by atoms with Crippen molar-refractivity contribution in [2.45, 2.75) is 20.3 Å². The van der Waals surface area contributed by atoms with Crippen LogP contribution in [0.3, 0.4) is 0 Å². The summed E-state index contributed by atoms with van der Waals surface area (Å²) < 4.78 is 0. The average molecular weight is 333 g/mol. The summed E-state index contributed by atoms with van der Waals surface area (Å²) in [6, 6.07) is 13.1. The van der Waals surface area contributed by atoms with Gasteiger partial charge in [-0.05, 0) is 48.7 Å². The first-order chi connectivity index (χ1) is 12.2. The fourth-order valence-corrected chi connectivity index (χ4v) is 2.48. The van der Waals surface area contributed by atoms with Crippen molar-refractivity contribution in [1.82, 2.24) is 15.2 Å². The minimum Gasteiger partial charge on any atom is -0.338 e. The minimum absolute atomic E-state index is 0.268. The van der Waals surface area contributed by atoms with Gasteiger partial charge in [0, 0.05) is 18.1 Å². The minimum atomic E-state index is -0.268. The Labute approximate surface area is 146 Å². The molecule has 6 heteroatoms. The number of aryl methyl sites for hydroxylation is 2. The number of nitrogens with one attached hydrogen (secondary N) is 2. The topological polar surface area (TPSA) is 79.8 Å². The quantitative estimate of drug-likeness (QED) is 0.743. The molecule has 25 heavy (non-hydrogen) atoms. The van der Waals surface area contributed by atoms with Crippen LogP contribution in [-0.4, -0.2) is 21.1 Å². The van der Waals surface area contributed by atoms with E-state index < -0.39 is 0 Å². The molecule has 0 aliphatic carbocycles. The number of amides is 1. The van der Waals surface area contributed by atoms with Crippen LogP contribution in [0.1, 0.15) is 28.4 Å². The van der Waals surface area contributed by atoms with Crippen LogP contribution < -0.4 is 10.6 Å². The van der Waals surface area contributed by atoms with Gasteiger partial charge in [0.2, 0.25) is 0 Å². The van der Waals surface area contributed by atoms with E-state index in [4.69, 9.17) is 0 Å². The normalized spacial score (nSPS) is 10.3. The van der Waals surface area contributed by atoms with Gasteiger partial charge >= 0.3 is 0 Å². The van der Waals surface area contributed by atoms with Crippen molar-refractivity contribution < 1.29 is 4.79 Å². The molecular formula is C19H19N5O. The van der Waals surface area contributed by atoms with Gasteiger partial charge in [-0.1, -0.05) is 25.1 Å². The molecule has 0 atom stereocenters. The molecule has 0 aliphatic heterocycles. The predicted octanol–water partition coefficient (Wildman–Crippen LogP) is 3.74. The lowest BCUT2D eigenvalue weighted by atomic mass is 10.1. The van der Waals surface area contributed by atoms with Gasteiger partial charge in [-0.2, -0.15) is 0 Å². The van der Waals surface area contributed by atoms with Gasteiger partial charge in [0.15, 0.2) is 11.6 Å². The van der Waals surface area contributed by atoms with Crippen molar-refractivity contribution in [2.24, 2.45) is 0 Å². The van der Waals surface area contributed by atoms with Crippen molar-refractivity contribution in [1.29, 1.82) is 0 Å². The van der Waals surface area contributed by atoms with E-state index in [2.05, 4.69) is 51.8 Å². The van der Waals surface area contributed by atoms with Crippen molar-refractivity contribution in [2.75, 3.05) is 10.6 Å². The zero-order valence-corrected chi connectivity index (χ0v) is 14.2. The summed E-state index contributed by atoms with van der Waals surface area (Å²) >= 11 is 0. The van der Waals surface area contributed by atoms with Crippen LogP contribution >= 0.6 is 0 Å². The molecule has 0 saturated heterocycles. The fourth-order valence-electron chi connectivity index (χ4n) is 2.48. The average Bonchev–Trinajstić information content (AvgIpc) is 2.65. The second-order valence-electron chi connectivity index (χ2n) is 5.59. The van der Waals surface area contributed by atoms with E-state index >= 15 is 0 Å². The third kappa shape index (κ3) is 3.98. The smallest absolute Gasteiger partial charge is 0.258 e. The van der Waals surface area contributed by atoms with E-state index in [-0.39, 0.29) is 5.91 Å². The molecule has 3 aromatic rings. The third-order valence-electron chi connectivity index (χ3n) is 3.82. The zero-order chi connectivity index (χ0) is 17.6. The summed E-state index contributed by atoms with van der Waals surface area (Å²) in [5, 5.41) is 14.2. The number of hydrogen-bond acceptors (Lipinski definition) is 5. The van der Waals surface area contributed by atoms with E-state index in [1.54, 1.807) is 30.5 Å². The van der Waals surface area contributed by atoms with Crippen LogP contribution in [0, 0.1) is 6.92 Å². The van der Waals surface area contributed by atoms with E-state index in [0.717, 1.165) is 17.7 Å². The molecule has 0 bridgehead atoms. The first kappa shape index (κ1) is 16.6. The number of benzene rings is 1. The second kappa shape index (κ2) is 7.53. The summed E-state index contributed by atoms with van der Waals surface area (Å²) in [5.74, 6) is 0.749. The Morgan fingerprint density at radius 1 is 1.04 bits per heavy atom. The Morgan fingerprint density at radius 2 is 1.84 bits per heavy atom. The van der Waals surface area contributed by atoms with Gasteiger partial charge in [0.1, 0.15) is 0 Å². The lowest BCUT2D eigenvalue weighted by Gasteiger charge is -2.13. The summed E-state index contributed by atoms with van der Waals surface area (Å²) in [6.07, 6.45) is 4.05. The van der Waals surface area contributed by atoms with Crippen molar-refractivity contribution >= 4 is 23.2 Å². The van der Waals surface area contributed by atoms with Crippen LogP contribution in [0.15, 0.2) is 54.9 Å². The lowest BCUT2D eigenvalue weighted by Crippen LogP contribution is -2.13. The van der Waals surface area contributed by atoms with Gasteiger partial charge in [0.05, 0.1) is 5.56 Å². The molecule has 2 aromatic heterocycles. The standard InChI is InChI=1S/C19H19N5O/c1-3-14-7-4-6-13(2)18(14)21-16-9-10-17(24-23-16)22-19(25)15-8-5-11-20-12-15/h4-12H,3H2,1-2H3,(H,21,23)(H,22,24,25). The predicted molar refractivity (Wildman–Crippen MR) is 98.1 cm³/mol. The number of hydrogen-bond donors (Lipinski definition) is 2. The SMILES string of the molecule is CCc1cccc(C)c1Nc1ccc(NC(=O)c2cccnc2)nn1. The molecule has 2 N–H and O–H groups in total. The highest BCUT2D eigenvalue weighted by molar-refractivity contribution is 6.03. The van der Waals surface area contributed by atoms with Gasteiger partial charge in [-0.25, -0.2) is 0 Å². The highest BCUT2D eigenvalue weighted by Crippen LogP contribution is 2.24. The number of para-hydroxylation sites is 1. The van der Waals surface area contributed by atoms with Crippen molar-refractivity contribution in [3.8, 4) is 0 Å². The number of aromatic nitrogens is 3. The van der Waals surface area contributed by atoms with Gasteiger partial charge in [-0.15, -0.1) is 10.2 Å². The maximum Gasteiger partial charge on any atom is 0.258 e. The first-order valence-electron chi connectivity index (χ1n) is 8.08. The van der Waals surface area contributed by atoms with Crippen LogP contribution in [-0.2, 0) is 6.42 Å². The number of carbonyl (C=O) groups excluding carboxylic acids is 1. The zero-order valence-electron chi connectivity index (χ0n) is 14.2. The van der Waals surface area contributed by atoms with Crippen LogP contribution in [0.4, 0.5) is 17.3 Å². The number of pyridine rings is 1. The Morgan fingerprint density at radius 3 is 2.52 bits per heavy atom. The van der Waals surface area contributed by atoms with Gasteiger partial charge in [0.25, 0.3) is 5.91 Å². The van der Waals surface area contributed by atoms with E-state index in [0.29, 0.717) is 17.2 Å². The molecule has 3 rings (SSSR count). The molecule has 0 saturated carbocycles. The number of nitrogens with zero attached hydrogens (tertiary/aromatic N) is 3. The molecular weight excluding hydrogens is 314 g/mol. The van der Waals surface area contributed by atoms with Gasteiger partial charge < -0.3 is 10.6 Å². The van der Waals surface area contributed by atoms with Gasteiger partial charge in [-0.3, -0.25) is 9.78 Å². The molecule has 0 radical (unpaired) electrons. The number of anilines is 3. The van der Waals surface area contributed by atoms with E-state index in [1.807, 2.05) is 6.07 Å². The maximum absolute atomic E-state index is 12.1. The lowest BCUT2D eigenvalue weighted by molar-refractivity contribution is 0.102. The van der Waals surface area contributed by atoms with Crippen molar-refractivity contribution in [3.63, 3.8) is 0 Å². The molecule has 2 heterocycles. The monoisotopic (exact) mass is 333 g/mol. The van der Waals surface area contributed by atoms with Crippen LogP contribution in [0.2, 0.25) is 0 Å². The Kier molecular flexibility index (Phi) is 4.99. The van der Waals surface area contributed by atoms with Crippen LogP contribution in [0.25, 0.3) is 0 Å². The Bertz CT molecular complexity index is 863. The van der Waals surface area contributed by atoms with Crippen LogP contribution in [0.5, 0.6) is 0 Å². The van der Waals surface area contributed by atoms with E-state index in [1.165, 1.54) is 11.8 Å². The summed E-state index contributed by atoms with van der Waals surface area (Å²) in [7, 11) is 0.